The number of benzene rings is 1. The number of nitrogens with one attached hydrogen (secondary N) is 1. The Kier molecular flexibility index (Phi) is 10.7. The zero-order valence-electron chi connectivity index (χ0n) is 18.4. The fourth-order valence-corrected chi connectivity index (χ4v) is 4.14. The van der Waals surface area contributed by atoms with Crippen molar-refractivity contribution in [2.45, 2.75) is 52.0 Å². The molecule has 0 saturated carbocycles. The van der Waals surface area contributed by atoms with E-state index in [-0.39, 0.29) is 24.0 Å². The summed E-state index contributed by atoms with van der Waals surface area (Å²) in [5.74, 6) is 1.69. The molecule has 0 radical (unpaired) electrons. The van der Waals surface area contributed by atoms with Gasteiger partial charge in [-0.05, 0) is 43.2 Å². The van der Waals surface area contributed by atoms with Crippen LogP contribution < -0.4 is 5.32 Å². The van der Waals surface area contributed by atoms with E-state index in [1.54, 1.807) is 0 Å². The third-order valence-corrected chi connectivity index (χ3v) is 5.89. The van der Waals surface area contributed by atoms with Gasteiger partial charge in [-0.3, -0.25) is 9.89 Å². The topological polar surface area (TPSA) is 40.1 Å². The predicted molar refractivity (Wildman–Crippen MR) is 133 cm³/mol. The van der Waals surface area contributed by atoms with Crippen molar-refractivity contribution in [2.75, 3.05) is 52.5 Å². The van der Waals surface area contributed by atoms with Crippen LogP contribution in [0, 0.1) is 0 Å². The highest BCUT2D eigenvalue weighted by Gasteiger charge is 2.30. The van der Waals surface area contributed by atoms with Gasteiger partial charge >= 0.3 is 0 Å². The molecule has 0 spiro atoms. The highest BCUT2D eigenvalue weighted by molar-refractivity contribution is 14.0. The molecular formula is C23H39IN4O. The fourth-order valence-electron chi connectivity index (χ4n) is 4.14. The Morgan fingerprint density at radius 1 is 1.17 bits per heavy atom. The molecule has 0 aliphatic carbocycles. The lowest BCUT2D eigenvalue weighted by molar-refractivity contribution is 0.0195. The number of hydrogen-bond donors (Lipinski definition) is 1. The van der Waals surface area contributed by atoms with Crippen molar-refractivity contribution >= 4 is 29.9 Å². The van der Waals surface area contributed by atoms with Gasteiger partial charge in [0.1, 0.15) is 0 Å². The van der Waals surface area contributed by atoms with Gasteiger partial charge in [0.15, 0.2) is 5.96 Å². The Labute approximate surface area is 194 Å². The van der Waals surface area contributed by atoms with Crippen molar-refractivity contribution in [3.63, 3.8) is 0 Å². The number of nitrogens with zero attached hydrogens (tertiary/aromatic N) is 3. The minimum absolute atomic E-state index is 0. The van der Waals surface area contributed by atoms with Crippen LogP contribution in [-0.4, -0.2) is 74.3 Å². The minimum Gasteiger partial charge on any atom is -0.379 e. The molecule has 164 valence electrons. The molecule has 2 saturated heterocycles. The van der Waals surface area contributed by atoms with Gasteiger partial charge in [0.2, 0.25) is 0 Å². The van der Waals surface area contributed by atoms with Crippen LogP contribution in [-0.2, 0) is 11.2 Å². The van der Waals surface area contributed by atoms with Crippen LogP contribution in [0.5, 0.6) is 0 Å². The number of hydrogen-bond acceptors (Lipinski definition) is 3. The molecule has 2 fully saturated rings. The Morgan fingerprint density at radius 3 is 2.55 bits per heavy atom. The van der Waals surface area contributed by atoms with Gasteiger partial charge in [0.25, 0.3) is 0 Å². The minimum atomic E-state index is 0. The van der Waals surface area contributed by atoms with Crippen LogP contribution >= 0.6 is 24.0 Å². The number of guanidine groups is 1. The van der Waals surface area contributed by atoms with Gasteiger partial charge in [0.05, 0.1) is 13.2 Å². The number of morpholine rings is 1. The van der Waals surface area contributed by atoms with Crippen LogP contribution in [0.15, 0.2) is 29.3 Å². The molecule has 2 heterocycles. The molecule has 3 rings (SSSR count). The first kappa shape index (κ1) is 24.4. The number of ether oxygens (including phenoxy) is 1. The third kappa shape index (κ3) is 7.40. The van der Waals surface area contributed by atoms with Gasteiger partial charge in [-0.15, -0.1) is 24.0 Å². The molecule has 29 heavy (non-hydrogen) atoms. The van der Waals surface area contributed by atoms with E-state index in [1.807, 2.05) is 0 Å². The lowest BCUT2D eigenvalue weighted by Crippen LogP contribution is -2.46. The van der Waals surface area contributed by atoms with Gasteiger partial charge in [0, 0.05) is 45.3 Å². The van der Waals surface area contributed by atoms with E-state index in [4.69, 9.17) is 9.73 Å². The molecular weight excluding hydrogens is 475 g/mol. The van der Waals surface area contributed by atoms with Crippen molar-refractivity contribution in [3.05, 3.63) is 35.4 Å². The van der Waals surface area contributed by atoms with E-state index in [9.17, 15) is 0 Å². The van der Waals surface area contributed by atoms with Crippen LogP contribution in [0.4, 0.5) is 0 Å². The van der Waals surface area contributed by atoms with Crippen LogP contribution in [0.1, 0.15) is 50.7 Å². The number of aryl methyl sites for hydroxylation is 1. The summed E-state index contributed by atoms with van der Waals surface area (Å²) in [6, 6.07) is 9.73. The Hall–Kier alpha value is -0.860. The summed E-state index contributed by atoms with van der Waals surface area (Å²) in [5.41, 5.74) is 2.83. The summed E-state index contributed by atoms with van der Waals surface area (Å²) < 4.78 is 5.50. The van der Waals surface area contributed by atoms with Gasteiger partial charge in [-0.1, -0.05) is 38.1 Å². The molecule has 1 atom stereocenters. The quantitative estimate of drug-likeness (QED) is 0.261. The smallest absolute Gasteiger partial charge is 0.193 e. The van der Waals surface area contributed by atoms with E-state index in [0.29, 0.717) is 12.0 Å². The summed E-state index contributed by atoms with van der Waals surface area (Å²) in [7, 11) is 0. The summed E-state index contributed by atoms with van der Waals surface area (Å²) >= 11 is 0. The number of halogens is 1. The van der Waals surface area contributed by atoms with Crippen molar-refractivity contribution in [1.82, 2.24) is 15.1 Å². The number of rotatable bonds is 7. The molecule has 2 aliphatic heterocycles. The zero-order valence-corrected chi connectivity index (χ0v) is 20.7. The molecule has 1 N–H and O–H groups in total. The van der Waals surface area contributed by atoms with Crippen molar-refractivity contribution in [1.29, 1.82) is 0 Å². The normalized spacial score (nSPS) is 20.8. The summed E-state index contributed by atoms with van der Waals surface area (Å²) in [6.07, 6.45) is 3.42. The highest BCUT2D eigenvalue weighted by Crippen LogP contribution is 2.18. The molecule has 0 amide bonds. The molecule has 1 unspecified atom stereocenters. The Bertz CT molecular complexity index is 614. The molecule has 2 aliphatic rings. The first-order valence-corrected chi connectivity index (χ1v) is 11.1. The van der Waals surface area contributed by atoms with Gasteiger partial charge in [-0.25, -0.2) is 0 Å². The fraction of sp³-hybridized carbons (Fsp3) is 0.696. The SMILES string of the molecule is CCNC(=NCCCc1ccc(C(C)C)cc1)N1CCC(N2CCOCC2)C1.I. The third-order valence-electron chi connectivity index (χ3n) is 5.89. The largest absolute Gasteiger partial charge is 0.379 e. The van der Waals surface area contributed by atoms with Crippen LogP contribution in [0.2, 0.25) is 0 Å². The van der Waals surface area contributed by atoms with Crippen molar-refractivity contribution < 1.29 is 4.74 Å². The van der Waals surface area contributed by atoms with E-state index in [2.05, 4.69) is 60.2 Å². The molecule has 0 aromatic heterocycles. The van der Waals surface area contributed by atoms with Gasteiger partial charge in [-0.2, -0.15) is 0 Å². The standard InChI is InChI=1S/C23H38N4O.HI/c1-4-24-23(27-13-11-22(18-27)26-14-16-28-17-15-26)25-12-5-6-20-7-9-21(10-8-20)19(2)3;/h7-10,19,22H,4-6,11-18H2,1-3H3,(H,24,25);1H. The van der Waals surface area contributed by atoms with E-state index < -0.39 is 0 Å². The second kappa shape index (κ2) is 12.7. The Morgan fingerprint density at radius 2 is 1.90 bits per heavy atom. The van der Waals surface area contributed by atoms with E-state index >= 15 is 0 Å². The molecule has 0 bridgehead atoms. The molecule has 1 aromatic carbocycles. The monoisotopic (exact) mass is 514 g/mol. The number of aliphatic imine (C=N–C) groups is 1. The first-order valence-electron chi connectivity index (χ1n) is 11.1. The first-order chi connectivity index (χ1) is 13.7. The lowest BCUT2D eigenvalue weighted by atomic mass is 10.0. The van der Waals surface area contributed by atoms with Crippen molar-refractivity contribution in [2.24, 2.45) is 4.99 Å². The Balaban J connectivity index is 0.00000300. The molecule has 6 heteroatoms. The summed E-state index contributed by atoms with van der Waals surface area (Å²) in [4.78, 5) is 9.96. The zero-order chi connectivity index (χ0) is 19.8. The maximum Gasteiger partial charge on any atom is 0.193 e. The highest BCUT2D eigenvalue weighted by atomic mass is 127. The second-order valence-corrected chi connectivity index (χ2v) is 8.27. The summed E-state index contributed by atoms with van der Waals surface area (Å²) in [5, 5.41) is 3.50. The predicted octanol–water partition coefficient (Wildman–Crippen LogP) is 3.73. The molecule has 1 aromatic rings. The summed E-state index contributed by atoms with van der Waals surface area (Å²) in [6.45, 7) is 14.5. The lowest BCUT2D eigenvalue weighted by Gasteiger charge is -2.32. The van der Waals surface area contributed by atoms with Crippen LogP contribution in [0.25, 0.3) is 0 Å². The average Bonchev–Trinajstić information content (AvgIpc) is 3.21. The molecule has 5 nitrogen and oxygen atoms in total. The van der Waals surface area contributed by atoms with Crippen molar-refractivity contribution in [3.8, 4) is 0 Å². The van der Waals surface area contributed by atoms with Gasteiger partial charge < -0.3 is 15.0 Å². The maximum atomic E-state index is 5.50. The van der Waals surface area contributed by atoms with Crippen LogP contribution in [0.3, 0.4) is 0 Å². The maximum absolute atomic E-state index is 5.50. The average molecular weight is 514 g/mol. The number of likely N-dealkylation sites (tertiary alicyclic amines) is 1. The van der Waals surface area contributed by atoms with E-state index in [0.717, 1.165) is 71.3 Å². The van der Waals surface area contributed by atoms with E-state index in [1.165, 1.54) is 17.5 Å². The second-order valence-electron chi connectivity index (χ2n) is 8.27.